The molecule has 1 rings (SSSR count). The lowest BCUT2D eigenvalue weighted by Gasteiger charge is -2.22. The minimum Gasteiger partial charge on any atom is -0.314 e. The molecule has 0 radical (unpaired) electrons. The molecular formula is C14H29N. The number of hydrogen-bond acceptors (Lipinski definition) is 1. The fourth-order valence-corrected chi connectivity index (χ4v) is 2.43. The molecule has 1 fully saturated rings. The van der Waals surface area contributed by atoms with Gasteiger partial charge in [-0.25, -0.2) is 0 Å². The highest BCUT2D eigenvalue weighted by Crippen LogP contribution is 2.17. The lowest BCUT2D eigenvalue weighted by atomic mass is 9.95. The van der Waals surface area contributed by atoms with E-state index in [4.69, 9.17) is 0 Å². The molecule has 0 aliphatic heterocycles. The van der Waals surface area contributed by atoms with E-state index in [0.717, 1.165) is 12.0 Å². The van der Waals surface area contributed by atoms with Gasteiger partial charge in [0.25, 0.3) is 0 Å². The topological polar surface area (TPSA) is 12.0 Å². The second-order valence-corrected chi connectivity index (χ2v) is 5.30. The van der Waals surface area contributed by atoms with Crippen LogP contribution in [0.25, 0.3) is 0 Å². The fraction of sp³-hybridized carbons (Fsp3) is 1.00. The molecule has 0 spiro atoms. The lowest BCUT2D eigenvalue weighted by molar-refractivity contribution is 0.367. The zero-order chi connectivity index (χ0) is 10.9. The Balaban J connectivity index is 1.87. The first-order chi connectivity index (χ1) is 7.33. The van der Waals surface area contributed by atoms with Crippen molar-refractivity contribution in [3.8, 4) is 0 Å². The fourth-order valence-electron chi connectivity index (χ4n) is 2.43. The first kappa shape index (κ1) is 13.0. The summed E-state index contributed by atoms with van der Waals surface area (Å²) in [5.74, 6) is 0.930. The van der Waals surface area contributed by atoms with Crippen LogP contribution in [0.5, 0.6) is 0 Å². The van der Waals surface area contributed by atoms with Crippen molar-refractivity contribution >= 4 is 0 Å². The van der Waals surface area contributed by atoms with Gasteiger partial charge in [0.05, 0.1) is 0 Å². The molecule has 0 aromatic heterocycles. The van der Waals surface area contributed by atoms with Crippen molar-refractivity contribution in [1.29, 1.82) is 0 Å². The first-order valence-electron chi connectivity index (χ1n) is 7.06. The van der Waals surface area contributed by atoms with Crippen molar-refractivity contribution in [1.82, 2.24) is 5.32 Å². The first-order valence-corrected chi connectivity index (χ1v) is 7.06. The largest absolute Gasteiger partial charge is 0.314 e. The minimum absolute atomic E-state index is 0.849. The van der Waals surface area contributed by atoms with Crippen LogP contribution >= 0.6 is 0 Å². The Morgan fingerprint density at radius 2 is 1.87 bits per heavy atom. The van der Waals surface area contributed by atoms with Gasteiger partial charge in [-0.3, -0.25) is 0 Å². The van der Waals surface area contributed by atoms with Gasteiger partial charge in [-0.05, 0) is 31.7 Å². The molecular weight excluding hydrogens is 182 g/mol. The Morgan fingerprint density at radius 1 is 1.13 bits per heavy atom. The Hall–Kier alpha value is -0.0400. The van der Waals surface area contributed by atoms with E-state index in [-0.39, 0.29) is 0 Å². The quantitative estimate of drug-likeness (QED) is 0.624. The van der Waals surface area contributed by atoms with Crippen LogP contribution in [0.3, 0.4) is 0 Å². The van der Waals surface area contributed by atoms with Gasteiger partial charge in [0.15, 0.2) is 0 Å². The van der Waals surface area contributed by atoms with E-state index >= 15 is 0 Å². The van der Waals surface area contributed by atoms with E-state index in [2.05, 4.69) is 19.2 Å². The van der Waals surface area contributed by atoms with Crippen molar-refractivity contribution in [2.24, 2.45) is 5.92 Å². The van der Waals surface area contributed by atoms with Crippen molar-refractivity contribution in [2.45, 2.75) is 77.7 Å². The standard InChI is InChI=1S/C14H29N/c1-3-13(2)9-7-8-12-15-14-10-5-4-6-11-14/h13-15H,3-12H2,1-2H3. The molecule has 0 heterocycles. The summed E-state index contributed by atoms with van der Waals surface area (Å²) in [6, 6.07) is 0.849. The Labute approximate surface area is 96.0 Å². The number of rotatable bonds is 7. The zero-order valence-corrected chi connectivity index (χ0v) is 10.7. The highest BCUT2D eigenvalue weighted by Gasteiger charge is 2.11. The highest BCUT2D eigenvalue weighted by atomic mass is 14.9. The van der Waals surface area contributed by atoms with Crippen molar-refractivity contribution < 1.29 is 0 Å². The molecule has 0 aromatic carbocycles. The summed E-state index contributed by atoms with van der Waals surface area (Å²) >= 11 is 0. The predicted octanol–water partition coefficient (Wildman–Crippen LogP) is 4.13. The maximum absolute atomic E-state index is 3.71. The van der Waals surface area contributed by atoms with Gasteiger partial charge < -0.3 is 5.32 Å². The van der Waals surface area contributed by atoms with Crippen molar-refractivity contribution in [3.05, 3.63) is 0 Å². The average Bonchev–Trinajstić information content (AvgIpc) is 2.29. The zero-order valence-electron chi connectivity index (χ0n) is 10.7. The second kappa shape index (κ2) is 8.15. The van der Waals surface area contributed by atoms with E-state index in [1.807, 2.05) is 0 Å². The van der Waals surface area contributed by atoms with Gasteiger partial charge in [-0.15, -0.1) is 0 Å². The van der Waals surface area contributed by atoms with Gasteiger partial charge >= 0.3 is 0 Å². The molecule has 0 amide bonds. The summed E-state index contributed by atoms with van der Waals surface area (Å²) in [6.45, 7) is 5.92. The molecule has 1 heteroatoms. The molecule has 1 aliphatic carbocycles. The lowest BCUT2D eigenvalue weighted by Crippen LogP contribution is -2.31. The van der Waals surface area contributed by atoms with Crippen LogP contribution in [0, 0.1) is 5.92 Å². The van der Waals surface area contributed by atoms with E-state index in [9.17, 15) is 0 Å². The maximum atomic E-state index is 3.71. The summed E-state index contributed by atoms with van der Waals surface area (Å²) < 4.78 is 0. The van der Waals surface area contributed by atoms with Gasteiger partial charge in [-0.1, -0.05) is 52.4 Å². The van der Waals surface area contributed by atoms with Gasteiger partial charge in [-0.2, -0.15) is 0 Å². The minimum atomic E-state index is 0.849. The molecule has 0 bridgehead atoms. The third-order valence-corrected chi connectivity index (χ3v) is 3.86. The van der Waals surface area contributed by atoms with Crippen LogP contribution in [0.2, 0.25) is 0 Å². The summed E-state index contributed by atoms with van der Waals surface area (Å²) in [6.07, 6.45) is 12.8. The Morgan fingerprint density at radius 3 is 2.53 bits per heavy atom. The molecule has 0 aromatic rings. The van der Waals surface area contributed by atoms with Gasteiger partial charge in [0, 0.05) is 6.04 Å². The highest BCUT2D eigenvalue weighted by molar-refractivity contribution is 4.71. The Kier molecular flexibility index (Phi) is 7.08. The SMILES string of the molecule is CCC(C)CCCCNC1CCCCC1. The smallest absolute Gasteiger partial charge is 0.00670 e. The van der Waals surface area contributed by atoms with Crippen LogP contribution < -0.4 is 5.32 Å². The molecule has 1 N–H and O–H groups in total. The monoisotopic (exact) mass is 211 g/mol. The van der Waals surface area contributed by atoms with E-state index in [1.54, 1.807) is 0 Å². The third kappa shape index (κ3) is 6.19. The summed E-state index contributed by atoms with van der Waals surface area (Å²) in [5, 5.41) is 3.71. The Bertz CT molecular complexity index is 138. The molecule has 1 aliphatic rings. The molecule has 1 unspecified atom stereocenters. The molecule has 1 atom stereocenters. The van der Waals surface area contributed by atoms with E-state index < -0.39 is 0 Å². The molecule has 1 nitrogen and oxygen atoms in total. The van der Waals surface area contributed by atoms with E-state index in [0.29, 0.717) is 0 Å². The van der Waals surface area contributed by atoms with Crippen molar-refractivity contribution in [3.63, 3.8) is 0 Å². The second-order valence-electron chi connectivity index (χ2n) is 5.30. The summed E-state index contributed by atoms with van der Waals surface area (Å²) in [5.41, 5.74) is 0. The van der Waals surface area contributed by atoms with Crippen LogP contribution in [-0.2, 0) is 0 Å². The van der Waals surface area contributed by atoms with Crippen LogP contribution in [0.1, 0.15) is 71.6 Å². The van der Waals surface area contributed by atoms with E-state index in [1.165, 1.54) is 64.3 Å². The molecule has 90 valence electrons. The van der Waals surface area contributed by atoms with Crippen LogP contribution in [0.4, 0.5) is 0 Å². The normalized spacial score (nSPS) is 20.4. The number of hydrogen-bond donors (Lipinski definition) is 1. The van der Waals surface area contributed by atoms with Gasteiger partial charge in [0.1, 0.15) is 0 Å². The molecule has 15 heavy (non-hydrogen) atoms. The third-order valence-electron chi connectivity index (χ3n) is 3.86. The number of nitrogens with one attached hydrogen (secondary N) is 1. The molecule has 0 saturated heterocycles. The van der Waals surface area contributed by atoms with Crippen LogP contribution in [-0.4, -0.2) is 12.6 Å². The average molecular weight is 211 g/mol. The summed E-state index contributed by atoms with van der Waals surface area (Å²) in [7, 11) is 0. The number of unbranched alkanes of at least 4 members (excludes halogenated alkanes) is 1. The summed E-state index contributed by atoms with van der Waals surface area (Å²) in [4.78, 5) is 0. The van der Waals surface area contributed by atoms with Gasteiger partial charge in [0.2, 0.25) is 0 Å². The molecule has 1 saturated carbocycles. The maximum Gasteiger partial charge on any atom is 0.00670 e. The van der Waals surface area contributed by atoms with Crippen LogP contribution in [0.15, 0.2) is 0 Å². The predicted molar refractivity (Wildman–Crippen MR) is 68.2 cm³/mol. The van der Waals surface area contributed by atoms with Crippen molar-refractivity contribution in [2.75, 3.05) is 6.54 Å².